The number of hydrogen-bond acceptors (Lipinski definition) is 5. The maximum atomic E-state index is 12.5. The third-order valence-electron chi connectivity index (χ3n) is 3.53. The molecular formula is C15H16BrIN2O4. The summed E-state index contributed by atoms with van der Waals surface area (Å²) < 4.78 is 6.68. The number of halogens is 2. The lowest BCUT2D eigenvalue weighted by Gasteiger charge is -2.16. The van der Waals surface area contributed by atoms with Gasteiger partial charge in [-0.2, -0.15) is 0 Å². The van der Waals surface area contributed by atoms with E-state index < -0.39 is 5.97 Å². The highest BCUT2D eigenvalue weighted by Crippen LogP contribution is 2.30. The molecule has 0 aliphatic carbocycles. The van der Waals surface area contributed by atoms with Crippen LogP contribution in [0.25, 0.3) is 0 Å². The van der Waals surface area contributed by atoms with Gasteiger partial charge in [0, 0.05) is 14.6 Å². The smallest absolute Gasteiger partial charge is 0.337 e. The van der Waals surface area contributed by atoms with Crippen molar-refractivity contribution in [3.8, 4) is 0 Å². The number of β-amino-alcohol motifs (C(OH)–C–C–N with tert-alkyl or cyclic N) is 1. The van der Waals surface area contributed by atoms with Gasteiger partial charge in [0.2, 0.25) is 0 Å². The SMILES string of the molecule is COC(=O)C1=C(Nc2ccc(Br)c(C)c2I)C(=O)N(CCO)C1. The average Bonchev–Trinajstić information content (AvgIpc) is 2.84. The minimum atomic E-state index is -0.551. The third-order valence-corrected chi connectivity index (χ3v) is 5.78. The molecule has 0 unspecified atom stereocenters. The van der Waals surface area contributed by atoms with Gasteiger partial charge in [0.25, 0.3) is 5.91 Å². The number of amides is 1. The average molecular weight is 495 g/mol. The summed E-state index contributed by atoms with van der Waals surface area (Å²) in [5.41, 5.74) is 2.24. The Morgan fingerprint density at radius 1 is 1.52 bits per heavy atom. The minimum absolute atomic E-state index is 0.125. The van der Waals surface area contributed by atoms with Crippen LogP contribution in [0, 0.1) is 10.5 Å². The Bertz CT molecular complexity index is 690. The summed E-state index contributed by atoms with van der Waals surface area (Å²) in [5.74, 6) is -0.874. The van der Waals surface area contributed by atoms with Crippen LogP contribution in [0.5, 0.6) is 0 Å². The van der Waals surface area contributed by atoms with Crippen LogP contribution < -0.4 is 5.32 Å². The maximum Gasteiger partial charge on any atom is 0.337 e. The van der Waals surface area contributed by atoms with Gasteiger partial charge in [-0.3, -0.25) is 4.79 Å². The van der Waals surface area contributed by atoms with Gasteiger partial charge in [-0.1, -0.05) is 15.9 Å². The summed E-state index contributed by atoms with van der Waals surface area (Å²) in [7, 11) is 1.28. The molecule has 1 aromatic rings. The monoisotopic (exact) mass is 494 g/mol. The molecule has 6 nitrogen and oxygen atoms in total. The van der Waals surface area contributed by atoms with Gasteiger partial charge in [0.05, 0.1) is 31.5 Å². The lowest BCUT2D eigenvalue weighted by Crippen LogP contribution is -2.31. The van der Waals surface area contributed by atoms with Gasteiger partial charge >= 0.3 is 5.97 Å². The Hall–Kier alpha value is -1.13. The van der Waals surface area contributed by atoms with Crippen molar-refractivity contribution in [2.45, 2.75) is 6.92 Å². The van der Waals surface area contributed by atoms with Gasteiger partial charge in [-0.05, 0) is 47.2 Å². The summed E-state index contributed by atoms with van der Waals surface area (Å²) in [6.45, 7) is 2.09. The summed E-state index contributed by atoms with van der Waals surface area (Å²) in [6, 6.07) is 3.71. The van der Waals surface area contributed by atoms with Gasteiger partial charge in [0.15, 0.2) is 0 Å². The van der Waals surface area contributed by atoms with Crippen LogP contribution >= 0.6 is 38.5 Å². The van der Waals surface area contributed by atoms with E-state index in [4.69, 9.17) is 9.84 Å². The Kier molecular flexibility index (Phi) is 6.04. The van der Waals surface area contributed by atoms with Crippen LogP contribution in [-0.4, -0.2) is 48.7 Å². The van der Waals surface area contributed by atoms with E-state index in [9.17, 15) is 9.59 Å². The van der Waals surface area contributed by atoms with Crippen molar-refractivity contribution in [1.29, 1.82) is 0 Å². The number of nitrogens with zero attached hydrogens (tertiary/aromatic N) is 1. The normalized spacial score (nSPS) is 14.5. The molecule has 1 amide bonds. The molecule has 1 aliphatic rings. The van der Waals surface area contributed by atoms with Crippen LogP contribution in [-0.2, 0) is 14.3 Å². The standard InChI is InChI=1S/C15H16BrIN2O4/c1-8-10(16)3-4-11(12(8)17)18-13-9(15(22)23-2)7-19(5-6-20)14(13)21/h3-4,18,20H,5-7H2,1-2H3. The van der Waals surface area contributed by atoms with Crippen molar-refractivity contribution >= 4 is 56.1 Å². The lowest BCUT2D eigenvalue weighted by molar-refractivity contribution is -0.136. The maximum absolute atomic E-state index is 12.5. The predicted octanol–water partition coefficient (Wildman–Crippen LogP) is 2.04. The molecule has 1 aliphatic heterocycles. The van der Waals surface area contributed by atoms with Crippen LogP contribution in [0.2, 0.25) is 0 Å². The highest BCUT2D eigenvalue weighted by atomic mass is 127. The number of esters is 1. The number of carbonyl (C=O) groups is 2. The first-order valence-corrected chi connectivity index (χ1v) is 8.71. The molecule has 0 saturated carbocycles. The third kappa shape index (κ3) is 3.69. The number of nitrogens with one attached hydrogen (secondary N) is 1. The number of anilines is 1. The van der Waals surface area contributed by atoms with E-state index in [-0.39, 0.29) is 36.9 Å². The molecule has 0 atom stereocenters. The first-order chi connectivity index (χ1) is 10.9. The highest BCUT2D eigenvalue weighted by molar-refractivity contribution is 14.1. The zero-order chi connectivity index (χ0) is 17.1. The molecule has 1 aromatic carbocycles. The predicted molar refractivity (Wildman–Crippen MR) is 97.9 cm³/mol. The molecule has 124 valence electrons. The van der Waals surface area contributed by atoms with Gasteiger partial charge in [-0.25, -0.2) is 4.79 Å². The molecule has 8 heteroatoms. The number of aliphatic hydroxyl groups excluding tert-OH is 1. The molecule has 23 heavy (non-hydrogen) atoms. The Labute approximate surface area is 156 Å². The Balaban J connectivity index is 2.39. The molecule has 0 fully saturated rings. The first kappa shape index (κ1) is 18.2. The molecule has 0 spiro atoms. The number of ether oxygens (including phenoxy) is 1. The van der Waals surface area contributed by atoms with Crippen LogP contribution in [0.3, 0.4) is 0 Å². The summed E-state index contributed by atoms with van der Waals surface area (Å²) in [4.78, 5) is 25.8. The fraction of sp³-hybridized carbons (Fsp3) is 0.333. The van der Waals surface area contributed by atoms with Crippen molar-refractivity contribution in [3.05, 3.63) is 37.0 Å². The summed E-state index contributed by atoms with van der Waals surface area (Å²) >= 11 is 5.64. The first-order valence-electron chi connectivity index (χ1n) is 6.84. The Morgan fingerprint density at radius 3 is 2.83 bits per heavy atom. The van der Waals surface area contributed by atoms with E-state index in [1.54, 1.807) is 0 Å². The van der Waals surface area contributed by atoms with Gasteiger partial charge in [0.1, 0.15) is 5.70 Å². The van der Waals surface area contributed by atoms with E-state index in [1.165, 1.54) is 12.0 Å². The number of rotatable bonds is 5. The number of benzene rings is 1. The quantitative estimate of drug-likeness (QED) is 0.483. The van der Waals surface area contributed by atoms with E-state index in [1.807, 2.05) is 19.1 Å². The van der Waals surface area contributed by atoms with Gasteiger partial charge < -0.3 is 20.1 Å². The Morgan fingerprint density at radius 2 is 2.22 bits per heavy atom. The largest absolute Gasteiger partial charge is 0.466 e. The molecule has 0 radical (unpaired) electrons. The second-order valence-corrected chi connectivity index (χ2v) is 6.89. The number of hydrogen-bond donors (Lipinski definition) is 2. The van der Waals surface area contributed by atoms with E-state index in [0.29, 0.717) is 0 Å². The van der Waals surface area contributed by atoms with Crippen LogP contribution in [0.15, 0.2) is 27.9 Å². The molecular weight excluding hydrogens is 479 g/mol. The summed E-state index contributed by atoms with van der Waals surface area (Å²) in [6.07, 6.45) is 0. The zero-order valence-electron chi connectivity index (χ0n) is 12.7. The van der Waals surface area contributed by atoms with Crippen molar-refractivity contribution in [2.24, 2.45) is 0 Å². The van der Waals surface area contributed by atoms with Crippen molar-refractivity contribution in [2.75, 3.05) is 32.1 Å². The minimum Gasteiger partial charge on any atom is -0.466 e. The second-order valence-electron chi connectivity index (χ2n) is 4.95. The fourth-order valence-corrected chi connectivity index (χ4v) is 3.55. The fourth-order valence-electron chi connectivity index (χ4n) is 2.24. The molecule has 1 heterocycles. The molecule has 0 bridgehead atoms. The zero-order valence-corrected chi connectivity index (χ0v) is 16.4. The van der Waals surface area contributed by atoms with E-state index >= 15 is 0 Å². The van der Waals surface area contributed by atoms with Gasteiger partial charge in [-0.15, -0.1) is 0 Å². The lowest BCUT2D eigenvalue weighted by atomic mass is 10.2. The molecule has 2 N–H and O–H groups in total. The molecule has 0 aromatic heterocycles. The highest BCUT2D eigenvalue weighted by Gasteiger charge is 2.34. The van der Waals surface area contributed by atoms with E-state index in [0.717, 1.165) is 19.3 Å². The summed E-state index contributed by atoms with van der Waals surface area (Å²) in [5, 5.41) is 12.1. The van der Waals surface area contributed by atoms with Crippen LogP contribution in [0.1, 0.15) is 5.56 Å². The molecule has 0 saturated heterocycles. The molecule has 2 rings (SSSR count). The van der Waals surface area contributed by atoms with Crippen molar-refractivity contribution in [1.82, 2.24) is 4.90 Å². The van der Waals surface area contributed by atoms with Crippen molar-refractivity contribution in [3.63, 3.8) is 0 Å². The number of methoxy groups -OCH3 is 1. The van der Waals surface area contributed by atoms with Crippen LogP contribution in [0.4, 0.5) is 5.69 Å². The topological polar surface area (TPSA) is 78.9 Å². The number of carbonyl (C=O) groups excluding carboxylic acids is 2. The second kappa shape index (κ2) is 7.63. The van der Waals surface area contributed by atoms with E-state index in [2.05, 4.69) is 43.8 Å². The number of aliphatic hydroxyl groups is 1. The van der Waals surface area contributed by atoms with Crippen molar-refractivity contribution < 1.29 is 19.4 Å².